The third kappa shape index (κ3) is 29.8. The predicted octanol–water partition coefficient (Wildman–Crippen LogP) is 8.83. The van der Waals surface area contributed by atoms with E-state index in [1.165, 1.54) is 64.2 Å². The molecular formula is C49H84O17P2. The highest BCUT2D eigenvalue weighted by Crippen LogP contribution is 2.49. The number of epoxide rings is 1. The van der Waals surface area contributed by atoms with Crippen molar-refractivity contribution in [3.05, 3.63) is 60.8 Å². The van der Waals surface area contributed by atoms with Crippen LogP contribution in [0.2, 0.25) is 0 Å². The molecule has 17 nitrogen and oxygen atoms in total. The summed E-state index contributed by atoms with van der Waals surface area (Å²) < 4.78 is 55.0. The van der Waals surface area contributed by atoms with Crippen LogP contribution in [0, 0.1) is 0 Å². The number of hydrogen-bond acceptors (Lipinski definition) is 14. The monoisotopic (exact) mass is 1010 g/mol. The summed E-state index contributed by atoms with van der Waals surface area (Å²) >= 11 is 0. The van der Waals surface area contributed by atoms with Gasteiger partial charge in [-0.3, -0.25) is 23.2 Å². The maximum absolute atomic E-state index is 13.0. The van der Waals surface area contributed by atoms with E-state index in [1.54, 1.807) is 6.08 Å². The van der Waals surface area contributed by atoms with Gasteiger partial charge in [0.25, 0.3) is 0 Å². The number of aliphatic hydroxyl groups excluding tert-OH is 4. The van der Waals surface area contributed by atoms with Gasteiger partial charge in [-0.15, -0.1) is 0 Å². The van der Waals surface area contributed by atoms with Crippen molar-refractivity contribution in [1.29, 1.82) is 0 Å². The lowest BCUT2D eigenvalue weighted by Crippen LogP contribution is -2.64. The smallest absolute Gasteiger partial charge is 0.462 e. The normalized spacial score (nSPS) is 24.7. The van der Waals surface area contributed by atoms with Crippen LogP contribution in [-0.2, 0) is 46.5 Å². The molecule has 0 spiro atoms. The van der Waals surface area contributed by atoms with E-state index in [-0.39, 0.29) is 12.8 Å². The molecular weight excluding hydrogens is 922 g/mol. The zero-order chi connectivity index (χ0) is 50.0. The van der Waals surface area contributed by atoms with Crippen molar-refractivity contribution >= 4 is 27.6 Å². The molecule has 2 rings (SSSR count). The summed E-state index contributed by atoms with van der Waals surface area (Å²) in [6.07, 6.45) is 29.4. The number of esters is 2. The molecule has 0 aromatic rings. The molecule has 2 aliphatic rings. The van der Waals surface area contributed by atoms with Crippen molar-refractivity contribution < 1.29 is 81.6 Å². The molecule has 1 aliphatic carbocycles. The molecule has 7 N–H and O–H groups in total. The van der Waals surface area contributed by atoms with Crippen LogP contribution < -0.4 is 0 Å². The van der Waals surface area contributed by atoms with Crippen LogP contribution in [0.1, 0.15) is 168 Å². The lowest BCUT2D eigenvalue weighted by Gasteiger charge is -2.43. The first-order valence-corrected chi connectivity index (χ1v) is 28.0. The summed E-state index contributed by atoms with van der Waals surface area (Å²) in [6, 6.07) is 0. The Morgan fingerprint density at radius 1 is 0.544 bits per heavy atom. The van der Waals surface area contributed by atoms with Gasteiger partial charge in [0.05, 0.1) is 18.8 Å². The highest BCUT2D eigenvalue weighted by molar-refractivity contribution is 7.47. The molecule has 68 heavy (non-hydrogen) atoms. The number of carbonyl (C=O) groups excluding carboxylic acids is 2. The highest BCUT2D eigenvalue weighted by atomic mass is 31.2. The molecule has 0 bridgehead atoms. The molecule has 2 fully saturated rings. The van der Waals surface area contributed by atoms with Crippen LogP contribution in [0.3, 0.4) is 0 Å². The fourth-order valence-electron chi connectivity index (χ4n) is 7.56. The minimum atomic E-state index is -5.38. The second kappa shape index (κ2) is 36.6. The van der Waals surface area contributed by atoms with Gasteiger partial charge in [0.15, 0.2) is 6.10 Å². The van der Waals surface area contributed by atoms with Gasteiger partial charge in [-0.1, -0.05) is 164 Å². The second-order valence-corrected chi connectivity index (χ2v) is 20.1. The maximum atomic E-state index is 13.0. The van der Waals surface area contributed by atoms with Gasteiger partial charge in [-0.05, 0) is 51.4 Å². The van der Waals surface area contributed by atoms with Crippen LogP contribution in [0.4, 0.5) is 0 Å². The fraction of sp³-hybridized carbons (Fsp3) is 0.755. The van der Waals surface area contributed by atoms with Gasteiger partial charge < -0.3 is 49.3 Å². The predicted molar refractivity (Wildman–Crippen MR) is 259 cm³/mol. The number of unbranched alkanes of at least 4 members (excludes halogenated alkanes) is 14. The number of carbonyl (C=O) groups is 2. The van der Waals surface area contributed by atoms with E-state index in [9.17, 15) is 53.8 Å². The Balaban J connectivity index is 1.80. The van der Waals surface area contributed by atoms with Gasteiger partial charge in [-0.25, -0.2) is 9.13 Å². The summed E-state index contributed by atoms with van der Waals surface area (Å²) in [7, 11) is -10.7. The third-order valence-corrected chi connectivity index (χ3v) is 13.0. The Hall–Kier alpha value is -2.34. The number of phosphoric acid groups is 2. The van der Waals surface area contributed by atoms with Crippen molar-refractivity contribution in [2.45, 2.75) is 223 Å². The van der Waals surface area contributed by atoms with E-state index in [1.807, 2.05) is 18.2 Å². The highest BCUT2D eigenvalue weighted by Gasteiger charge is 2.54. The Morgan fingerprint density at radius 3 is 1.53 bits per heavy atom. The van der Waals surface area contributed by atoms with Gasteiger partial charge in [-0.2, -0.15) is 0 Å². The lowest BCUT2D eigenvalue weighted by atomic mass is 9.85. The van der Waals surface area contributed by atoms with Crippen molar-refractivity contribution in [3.8, 4) is 0 Å². The van der Waals surface area contributed by atoms with Crippen LogP contribution in [0.5, 0.6) is 0 Å². The van der Waals surface area contributed by atoms with E-state index >= 15 is 0 Å². The van der Waals surface area contributed by atoms with E-state index < -0.39 is 83.5 Å². The first kappa shape index (κ1) is 61.8. The molecule has 1 aliphatic heterocycles. The molecule has 1 heterocycles. The van der Waals surface area contributed by atoms with Crippen molar-refractivity contribution in [2.24, 2.45) is 0 Å². The van der Waals surface area contributed by atoms with E-state index in [4.69, 9.17) is 23.3 Å². The zero-order valence-corrected chi connectivity index (χ0v) is 42.3. The van der Waals surface area contributed by atoms with Crippen molar-refractivity contribution in [3.63, 3.8) is 0 Å². The minimum absolute atomic E-state index is 0.0849. The van der Waals surface area contributed by atoms with Gasteiger partial charge in [0.1, 0.15) is 43.2 Å². The molecule has 0 radical (unpaired) electrons. The Bertz CT molecular complexity index is 1610. The number of ether oxygens (including phenoxy) is 3. The minimum Gasteiger partial charge on any atom is -0.462 e. The summed E-state index contributed by atoms with van der Waals surface area (Å²) in [5.74, 6) is -1.31. The first-order chi connectivity index (χ1) is 32.6. The summed E-state index contributed by atoms with van der Waals surface area (Å²) in [5, 5.41) is 41.3. The molecule has 1 saturated heterocycles. The van der Waals surface area contributed by atoms with Gasteiger partial charge in [0.2, 0.25) is 0 Å². The van der Waals surface area contributed by atoms with Crippen LogP contribution in [0.25, 0.3) is 0 Å². The second-order valence-electron chi connectivity index (χ2n) is 17.5. The van der Waals surface area contributed by atoms with Gasteiger partial charge in [0, 0.05) is 12.8 Å². The number of rotatable bonds is 40. The average Bonchev–Trinajstić information content (AvgIpc) is 4.05. The molecule has 0 aromatic carbocycles. The number of hydrogen-bond donors (Lipinski definition) is 7. The largest absolute Gasteiger partial charge is 0.472 e. The number of allylic oxidation sites excluding steroid dienone is 8. The zero-order valence-electron chi connectivity index (χ0n) is 40.5. The van der Waals surface area contributed by atoms with Crippen LogP contribution in [-0.4, -0.2) is 115 Å². The number of aliphatic hydroxyl groups is 4. The molecule has 0 aromatic heterocycles. The fourth-order valence-corrected chi connectivity index (χ4v) is 9.10. The first-order valence-electron chi connectivity index (χ1n) is 25.0. The molecule has 0 amide bonds. The molecule has 10 atom stereocenters. The van der Waals surface area contributed by atoms with Crippen molar-refractivity contribution in [1.82, 2.24) is 0 Å². The van der Waals surface area contributed by atoms with Gasteiger partial charge >= 0.3 is 27.6 Å². The van der Waals surface area contributed by atoms with E-state index in [2.05, 4.69) is 54.8 Å². The molecule has 1 saturated carbocycles. The molecule has 7 unspecified atom stereocenters. The quantitative estimate of drug-likeness (QED) is 0.00993. The summed E-state index contributed by atoms with van der Waals surface area (Å²) in [6.45, 7) is 2.94. The lowest BCUT2D eigenvalue weighted by molar-refractivity contribution is -0.216. The summed E-state index contributed by atoms with van der Waals surface area (Å²) in [5.41, 5.74) is 0. The van der Waals surface area contributed by atoms with Crippen LogP contribution >= 0.6 is 15.6 Å². The third-order valence-electron chi connectivity index (χ3n) is 11.5. The summed E-state index contributed by atoms with van der Waals surface area (Å²) in [4.78, 5) is 54.3. The maximum Gasteiger partial charge on any atom is 0.472 e. The van der Waals surface area contributed by atoms with Crippen molar-refractivity contribution in [2.75, 3.05) is 13.2 Å². The molecule has 19 heteroatoms. The van der Waals surface area contributed by atoms with Crippen LogP contribution in [0.15, 0.2) is 60.8 Å². The van der Waals surface area contributed by atoms with E-state index in [0.717, 1.165) is 57.8 Å². The SMILES string of the molecule is CC/C=C\CC1OC1C/C=C\C/C=C\C/C=C\C/C=C\CCC(=O)O[C@H](COC(=O)CCCCCCCCCCCCCCCCC)COP(=O)(O)O[C@H]1C(O)C(O)C(O)[C@@H](OP(=O)(O)O)C1O. The topological polar surface area (TPSA) is 269 Å². The average molecular weight is 1010 g/mol. The standard InChI is InChI=1S/C49H84O17P2/c1-3-5-7-8-9-10-11-12-13-14-18-21-24-27-31-35-42(50)61-37-39(38-62-68(59,60)66-49-46(54)44(52)45(53)48(47(49)55)65-67(56,57)58)63-43(51)36-32-28-25-22-19-16-15-17-20-23-26-30-34-41-40(64-41)33-29-6-4-2/h6,16-17,19-20,25-26,28-30,39-41,44-49,52-55H,3-5,7-15,18,21-24,27,31-38H2,1-2H3,(H,59,60)(H2,56,57,58)/b19-16-,20-17-,28-25-,29-6-,30-26-/t39-,40?,41?,44?,45?,46?,47?,48-,49+/m1/s1. The Kier molecular flexibility index (Phi) is 33.2. The Labute approximate surface area is 404 Å². The van der Waals surface area contributed by atoms with E-state index in [0.29, 0.717) is 31.5 Å². The Morgan fingerprint density at radius 2 is 1.01 bits per heavy atom. The molecule has 392 valence electrons. The number of phosphoric ester groups is 2.